The van der Waals surface area contributed by atoms with Gasteiger partial charge in [-0.15, -0.1) is 11.3 Å². The van der Waals surface area contributed by atoms with Crippen LogP contribution in [0.25, 0.3) is 16.7 Å². The minimum atomic E-state index is -0.571. The summed E-state index contributed by atoms with van der Waals surface area (Å²) in [5.74, 6) is 0.284. The monoisotopic (exact) mass is 465 g/mol. The minimum Gasteiger partial charge on any atom is -0.496 e. The van der Waals surface area contributed by atoms with Crippen LogP contribution in [0.4, 0.5) is 10.1 Å². The third kappa shape index (κ3) is 4.67. The molecule has 0 radical (unpaired) electrons. The Morgan fingerprint density at radius 1 is 1.09 bits per heavy atom. The number of ether oxygens (including phenoxy) is 2. The average Bonchev–Trinajstić information content (AvgIpc) is 3.22. The molecule has 0 atom stereocenters. The van der Waals surface area contributed by atoms with E-state index >= 15 is 0 Å². The lowest BCUT2D eigenvalue weighted by Gasteiger charge is -2.33. The maximum absolute atomic E-state index is 13.5. The Kier molecular flexibility index (Phi) is 6.30. The summed E-state index contributed by atoms with van der Waals surface area (Å²) in [7, 11) is 1.60. The Morgan fingerprint density at radius 3 is 2.55 bits per heavy atom. The predicted octanol–water partition coefficient (Wildman–Crippen LogP) is 7.17. The van der Waals surface area contributed by atoms with Crippen LogP contribution in [0.2, 0.25) is 0 Å². The average molecular weight is 466 g/mol. The van der Waals surface area contributed by atoms with E-state index in [0.717, 1.165) is 38.4 Å². The van der Waals surface area contributed by atoms with Crippen molar-refractivity contribution in [2.75, 3.05) is 12.4 Å². The van der Waals surface area contributed by atoms with Gasteiger partial charge in [0.25, 0.3) is 0 Å². The number of anilines is 1. The minimum absolute atomic E-state index is 0.0879. The molecule has 6 heteroatoms. The van der Waals surface area contributed by atoms with Crippen molar-refractivity contribution in [3.63, 3.8) is 0 Å². The molecule has 0 spiro atoms. The molecule has 4 rings (SSSR count). The molecular formula is C27H28FNO3S. The van der Waals surface area contributed by atoms with Gasteiger partial charge in [0.2, 0.25) is 0 Å². The van der Waals surface area contributed by atoms with Gasteiger partial charge in [-0.25, -0.2) is 9.18 Å². The number of benzene rings is 2. The zero-order chi connectivity index (χ0) is 23.8. The number of alkyl halides is 1. The number of fused-ring (bicyclic) bond motifs is 1. The van der Waals surface area contributed by atoms with Crippen molar-refractivity contribution >= 4 is 28.6 Å². The van der Waals surface area contributed by atoms with Crippen LogP contribution in [0.3, 0.4) is 0 Å². The van der Waals surface area contributed by atoms with Crippen LogP contribution in [0, 0.1) is 6.92 Å². The van der Waals surface area contributed by atoms with E-state index in [1.165, 1.54) is 11.3 Å². The van der Waals surface area contributed by atoms with Crippen LogP contribution in [0.1, 0.15) is 52.0 Å². The number of carbonyl (C=O) groups excluding carboxylic acids is 1. The van der Waals surface area contributed by atoms with Crippen LogP contribution in [-0.2, 0) is 18.0 Å². The predicted molar refractivity (Wildman–Crippen MR) is 133 cm³/mol. The third-order valence-corrected chi connectivity index (χ3v) is 6.72. The number of methoxy groups -OCH3 is 1. The van der Waals surface area contributed by atoms with Crippen molar-refractivity contribution in [2.45, 2.75) is 46.5 Å². The lowest BCUT2D eigenvalue weighted by molar-refractivity contribution is 0.0479. The van der Waals surface area contributed by atoms with E-state index in [1.807, 2.05) is 25.1 Å². The highest BCUT2D eigenvalue weighted by molar-refractivity contribution is 7.13. The van der Waals surface area contributed by atoms with Crippen molar-refractivity contribution in [1.82, 2.24) is 0 Å². The maximum atomic E-state index is 13.5. The van der Waals surface area contributed by atoms with Gasteiger partial charge in [-0.05, 0) is 74.7 Å². The molecule has 0 saturated carbocycles. The molecule has 33 heavy (non-hydrogen) atoms. The molecule has 0 amide bonds. The number of halogens is 1. The Morgan fingerprint density at radius 2 is 1.88 bits per heavy atom. The van der Waals surface area contributed by atoms with E-state index in [-0.39, 0.29) is 18.1 Å². The lowest BCUT2D eigenvalue weighted by atomic mass is 9.85. The van der Waals surface area contributed by atoms with Gasteiger partial charge in [0.05, 0.1) is 12.6 Å². The van der Waals surface area contributed by atoms with Gasteiger partial charge in [-0.2, -0.15) is 0 Å². The number of esters is 1. The Bertz CT molecular complexity index is 1240. The van der Waals surface area contributed by atoms with E-state index in [1.54, 1.807) is 31.4 Å². The van der Waals surface area contributed by atoms with Gasteiger partial charge in [0.1, 0.15) is 23.9 Å². The molecule has 0 unspecified atom stereocenters. The Hall–Kier alpha value is -3.12. The summed E-state index contributed by atoms with van der Waals surface area (Å²) in [6.45, 7) is 7.76. The van der Waals surface area contributed by atoms with Crippen molar-refractivity contribution in [1.29, 1.82) is 0 Å². The highest BCUT2D eigenvalue weighted by Gasteiger charge is 2.27. The molecule has 1 N–H and O–H groups in total. The van der Waals surface area contributed by atoms with Gasteiger partial charge in [-0.1, -0.05) is 18.2 Å². The van der Waals surface area contributed by atoms with Gasteiger partial charge >= 0.3 is 5.97 Å². The Labute approximate surface area is 198 Å². The number of rotatable bonds is 6. The Balaban J connectivity index is 1.84. The maximum Gasteiger partial charge on any atom is 0.348 e. The molecule has 0 aliphatic carbocycles. The molecule has 0 saturated heterocycles. The summed E-state index contributed by atoms with van der Waals surface area (Å²) in [5.41, 5.74) is 5.90. The summed E-state index contributed by atoms with van der Waals surface area (Å²) in [6, 6.07) is 13.0. The summed E-state index contributed by atoms with van der Waals surface area (Å²) in [6.07, 6.45) is 2.17. The van der Waals surface area contributed by atoms with Crippen LogP contribution in [-0.4, -0.2) is 18.6 Å². The van der Waals surface area contributed by atoms with Crippen molar-refractivity contribution < 1.29 is 18.7 Å². The van der Waals surface area contributed by atoms with Gasteiger partial charge in [0.15, 0.2) is 0 Å². The molecule has 4 nitrogen and oxygen atoms in total. The fourth-order valence-corrected chi connectivity index (χ4v) is 5.16. The summed E-state index contributed by atoms with van der Waals surface area (Å²) >= 11 is 1.41. The van der Waals surface area contributed by atoms with E-state index in [0.29, 0.717) is 16.2 Å². The lowest BCUT2D eigenvalue weighted by Crippen LogP contribution is -2.32. The molecule has 0 bridgehead atoms. The first-order valence-electron chi connectivity index (χ1n) is 10.8. The fraction of sp³-hybridized carbons (Fsp3) is 0.296. The second-order valence-corrected chi connectivity index (χ2v) is 10.1. The van der Waals surface area contributed by atoms with Crippen molar-refractivity contribution in [3.05, 3.63) is 75.0 Å². The standard InChI is InChI=1S/C27H28FNO3S/c1-16-13-27(3,4)29-22-9-8-19(20-12-18(14-28)7-10-23(20)31-5)21(25(16)22)15-32-26(30)24-11-6-17(2)33-24/h6-13,29H,14-15H2,1-5H3. The number of thiophene rings is 1. The molecule has 3 aromatic rings. The molecule has 2 aromatic carbocycles. The number of hydrogen-bond acceptors (Lipinski definition) is 5. The van der Waals surface area contributed by atoms with E-state index < -0.39 is 6.67 Å². The van der Waals surface area contributed by atoms with E-state index in [9.17, 15) is 9.18 Å². The van der Waals surface area contributed by atoms with Crippen LogP contribution >= 0.6 is 11.3 Å². The number of nitrogens with one attached hydrogen (secondary N) is 1. The zero-order valence-electron chi connectivity index (χ0n) is 19.5. The molecule has 172 valence electrons. The smallest absolute Gasteiger partial charge is 0.348 e. The summed E-state index contributed by atoms with van der Waals surface area (Å²) < 4.78 is 24.9. The zero-order valence-corrected chi connectivity index (χ0v) is 20.4. The molecule has 1 aromatic heterocycles. The van der Waals surface area contributed by atoms with Gasteiger partial charge in [0, 0.05) is 27.3 Å². The molecule has 1 aliphatic rings. The molecule has 0 fully saturated rings. The summed E-state index contributed by atoms with van der Waals surface area (Å²) in [4.78, 5) is 14.4. The van der Waals surface area contributed by atoms with Crippen molar-refractivity contribution in [2.24, 2.45) is 0 Å². The molecule has 1 aliphatic heterocycles. The summed E-state index contributed by atoms with van der Waals surface area (Å²) in [5, 5.41) is 3.55. The molecule has 2 heterocycles. The quantitative estimate of drug-likeness (QED) is 0.392. The van der Waals surface area contributed by atoms with Crippen LogP contribution < -0.4 is 10.1 Å². The second-order valence-electron chi connectivity index (χ2n) is 8.84. The largest absolute Gasteiger partial charge is 0.496 e. The first kappa shape index (κ1) is 23.1. The van der Waals surface area contributed by atoms with Crippen LogP contribution in [0.5, 0.6) is 5.75 Å². The first-order valence-corrected chi connectivity index (χ1v) is 11.6. The highest BCUT2D eigenvalue weighted by Crippen LogP contribution is 2.43. The van der Waals surface area contributed by atoms with Crippen LogP contribution in [0.15, 0.2) is 48.5 Å². The van der Waals surface area contributed by atoms with Gasteiger partial charge in [-0.3, -0.25) is 0 Å². The van der Waals surface area contributed by atoms with E-state index in [4.69, 9.17) is 9.47 Å². The highest BCUT2D eigenvalue weighted by atomic mass is 32.1. The topological polar surface area (TPSA) is 47.6 Å². The normalized spacial score (nSPS) is 14.2. The van der Waals surface area contributed by atoms with E-state index in [2.05, 4.69) is 32.2 Å². The fourth-order valence-electron chi connectivity index (χ4n) is 4.40. The second kappa shape index (κ2) is 9.02. The number of aryl methyl sites for hydroxylation is 1. The number of hydrogen-bond donors (Lipinski definition) is 1. The first-order chi connectivity index (χ1) is 15.7. The SMILES string of the molecule is COc1ccc(CF)cc1-c1ccc2c(c1COC(=O)c1ccc(C)s1)C(C)=CC(C)(C)N2. The van der Waals surface area contributed by atoms with Crippen molar-refractivity contribution in [3.8, 4) is 16.9 Å². The number of allylic oxidation sites excluding steroid dienone is 1. The molecular weight excluding hydrogens is 437 g/mol. The third-order valence-electron chi connectivity index (χ3n) is 5.74. The van der Waals surface area contributed by atoms with Gasteiger partial charge < -0.3 is 14.8 Å². The number of carbonyl (C=O) groups is 1.